The molecular weight excluding hydrogens is 467 g/mol. The van der Waals surface area contributed by atoms with Crippen LogP contribution in [0.3, 0.4) is 0 Å². The predicted octanol–water partition coefficient (Wildman–Crippen LogP) is 3.46. The first-order chi connectivity index (χ1) is 13.2. The Kier molecular flexibility index (Phi) is 12.9. The van der Waals surface area contributed by atoms with Crippen molar-refractivity contribution in [2.75, 3.05) is 26.7 Å². The van der Waals surface area contributed by atoms with Crippen molar-refractivity contribution >= 4 is 35.8 Å². The summed E-state index contributed by atoms with van der Waals surface area (Å²) in [6.45, 7) is 4.88. The maximum atomic E-state index is 11.6. The monoisotopic (exact) mass is 502 g/mol. The highest BCUT2D eigenvalue weighted by molar-refractivity contribution is 14.0. The summed E-state index contributed by atoms with van der Waals surface area (Å²) in [4.78, 5) is 16.2. The number of amides is 1. The average Bonchev–Trinajstić information content (AvgIpc) is 2.98. The fourth-order valence-electron chi connectivity index (χ4n) is 3.22. The summed E-state index contributed by atoms with van der Waals surface area (Å²) >= 11 is 0. The minimum Gasteiger partial charge on any atom is -0.376 e. The molecule has 3 N–H and O–H groups in total. The van der Waals surface area contributed by atoms with E-state index in [9.17, 15) is 4.79 Å². The number of rotatable bonds is 8. The number of nitrogens with one attached hydrogen (secondary N) is 3. The van der Waals surface area contributed by atoms with E-state index in [0.717, 1.165) is 24.6 Å². The molecule has 0 heterocycles. The number of carbonyl (C=O) groups is 1. The maximum absolute atomic E-state index is 11.6. The summed E-state index contributed by atoms with van der Waals surface area (Å²) in [6.07, 6.45) is 8.09. The molecule has 1 amide bonds. The molecule has 2 rings (SSSR count). The van der Waals surface area contributed by atoms with Gasteiger partial charge in [0.2, 0.25) is 0 Å². The van der Waals surface area contributed by atoms with Crippen molar-refractivity contribution in [3.63, 3.8) is 0 Å². The van der Waals surface area contributed by atoms with Crippen LogP contribution in [0.1, 0.15) is 61.4 Å². The number of aliphatic imine (C=N–C) groups is 1. The molecule has 0 atom stereocenters. The van der Waals surface area contributed by atoms with Gasteiger partial charge in [-0.05, 0) is 37.5 Å². The highest BCUT2D eigenvalue weighted by Crippen LogP contribution is 2.19. The smallest absolute Gasteiger partial charge is 0.251 e. The van der Waals surface area contributed by atoms with Gasteiger partial charge in [-0.2, -0.15) is 0 Å². The molecule has 0 radical (unpaired) electrons. The minimum absolute atomic E-state index is 0. The molecule has 0 spiro atoms. The van der Waals surface area contributed by atoms with Gasteiger partial charge in [0.05, 0.1) is 19.3 Å². The third kappa shape index (κ3) is 9.23. The number of carbonyl (C=O) groups excluding carboxylic acids is 1. The van der Waals surface area contributed by atoms with Crippen LogP contribution in [0.5, 0.6) is 0 Å². The SMILES string of the molecule is CCNC(=NCc1ccc(C(=O)NC)cc1)NCCOC1CCCCCC1.I. The maximum Gasteiger partial charge on any atom is 0.251 e. The Labute approximate surface area is 186 Å². The van der Waals surface area contributed by atoms with Gasteiger partial charge >= 0.3 is 0 Å². The minimum atomic E-state index is -0.0753. The summed E-state index contributed by atoms with van der Waals surface area (Å²) in [5, 5.41) is 9.22. The van der Waals surface area contributed by atoms with Gasteiger partial charge in [-0.1, -0.05) is 37.8 Å². The summed E-state index contributed by atoms with van der Waals surface area (Å²) in [6, 6.07) is 7.52. The lowest BCUT2D eigenvalue weighted by Crippen LogP contribution is -2.39. The van der Waals surface area contributed by atoms with Crippen molar-refractivity contribution in [1.82, 2.24) is 16.0 Å². The number of benzene rings is 1. The predicted molar refractivity (Wildman–Crippen MR) is 126 cm³/mol. The summed E-state index contributed by atoms with van der Waals surface area (Å²) in [5.74, 6) is 0.714. The van der Waals surface area contributed by atoms with E-state index in [1.165, 1.54) is 38.5 Å². The van der Waals surface area contributed by atoms with Crippen LogP contribution in [0.2, 0.25) is 0 Å². The second kappa shape index (κ2) is 14.6. The molecule has 0 bridgehead atoms. The van der Waals surface area contributed by atoms with Gasteiger partial charge in [0.25, 0.3) is 5.91 Å². The van der Waals surface area contributed by atoms with Crippen molar-refractivity contribution in [3.8, 4) is 0 Å². The zero-order valence-electron chi connectivity index (χ0n) is 17.1. The van der Waals surface area contributed by atoms with Crippen LogP contribution in [0.15, 0.2) is 29.3 Å². The Morgan fingerprint density at radius 2 is 1.79 bits per heavy atom. The fraction of sp³-hybridized carbons (Fsp3) is 0.619. The number of nitrogens with zero attached hydrogens (tertiary/aromatic N) is 1. The second-order valence-corrected chi connectivity index (χ2v) is 6.88. The molecule has 6 nitrogen and oxygen atoms in total. The Balaban J connectivity index is 0.00000392. The van der Waals surface area contributed by atoms with E-state index in [0.29, 0.717) is 24.8 Å². The van der Waals surface area contributed by atoms with Crippen molar-refractivity contribution in [1.29, 1.82) is 0 Å². The van der Waals surface area contributed by atoms with E-state index >= 15 is 0 Å². The van der Waals surface area contributed by atoms with Gasteiger partial charge in [0.15, 0.2) is 5.96 Å². The van der Waals surface area contributed by atoms with Gasteiger partial charge < -0.3 is 20.7 Å². The van der Waals surface area contributed by atoms with E-state index in [1.807, 2.05) is 24.3 Å². The number of hydrogen-bond donors (Lipinski definition) is 3. The third-order valence-corrected chi connectivity index (χ3v) is 4.76. The number of guanidine groups is 1. The van der Waals surface area contributed by atoms with Crippen molar-refractivity contribution in [2.45, 2.75) is 58.1 Å². The lowest BCUT2D eigenvalue weighted by molar-refractivity contribution is 0.0468. The van der Waals surface area contributed by atoms with Crippen LogP contribution in [0.4, 0.5) is 0 Å². The zero-order valence-corrected chi connectivity index (χ0v) is 19.5. The first-order valence-electron chi connectivity index (χ1n) is 10.2. The van der Waals surface area contributed by atoms with Crippen LogP contribution in [-0.2, 0) is 11.3 Å². The highest BCUT2D eigenvalue weighted by Gasteiger charge is 2.12. The lowest BCUT2D eigenvalue weighted by atomic mass is 10.1. The summed E-state index contributed by atoms with van der Waals surface area (Å²) < 4.78 is 6.02. The standard InChI is InChI=1S/C21H34N4O2.HI/c1-3-23-21(24-14-15-27-19-8-6-4-5-7-9-19)25-16-17-10-12-18(13-11-17)20(26)22-2;/h10-13,19H,3-9,14-16H2,1-2H3,(H,22,26)(H2,23,24,25);1H. The third-order valence-electron chi connectivity index (χ3n) is 4.76. The zero-order chi connectivity index (χ0) is 19.3. The van der Waals surface area contributed by atoms with Crippen molar-refractivity contribution in [3.05, 3.63) is 35.4 Å². The molecule has 28 heavy (non-hydrogen) atoms. The Hall–Kier alpha value is -1.35. The van der Waals surface area contributed by atoms with Gasteiger partial charge in [0, 0.05) is 25.7 Å². The van der Waals surface area contributed by atoms with E-state index in [-0.39, 0.29) is 29.9 Å². The number of hydrogen-bond acceptors (Lipinski definition) is 3. The molecule has 1 aromatic rings. The molecule has 7 heteroatoms. The first kappa shape index (κ1) is 24.7. The topological polar surface area (TPSA) is 74.8 Å². The van der Waals surface area contributed by atoms with Gasteiger partial charge in [-0.25, -0.2) is 4.99 Å². The fourth-order valence-corrected chi connectivity index (χ4v) is 3.22. The molecular formula is C21H35IN4O2. The Morgan fingerprint density at radius 1 is 1.11 bits per heavy atom. The summed E-state index contributed by atoms with van der Waals surface area (Å²) in [5.41, 5.74) is 1.72. The lowest BCUT2D eigenvalue weighted by Gasteiger charge is -2.16. The Morgan fingerprint density at radius 3 is 2.39 bits per heavy atom. The van der Waals surface area contributed by atoms with E-state index in [4.69, 9.17) is 4.74 Å². The van der Waals surface area contributed by atoms with E-state index < -0.39 is 0 Å². The number of halogens is 1. The van der Waals surface area contributed by atoms with Gasteiger partial charge in [-0.15, -0.1) is 24.0 Å². The molecule has 0 saturated heterocycles. The van der Waals surface area contributed by atoms with Crippen molar-refractivity contribution < 1.29 is 9.53 Å². The Bertz CT molecular complexity index is 585. The second-order valence-electron chi connectivity index (χ2n) is 6.88. The molecule has 0 aromatic heterocycles. The highest BCUT2D eigenvalue weighted by atomic mass is 127. The molecule has 158 valence electrons. The van der Waals surface area contributed by atoms with Crippen LogP contribution in [0.25, 0.3) is 0 Å². The molecule has 1 saturated carbocycles. The molecule has 0 aliphatic heterocycles. The quantitative estimate of drug-likeness (QED) is 0.167. The molecule has 1 fully saturated rings. The van der Waals surface area contributed by atoms with Crippen LogP contribution in [-0.4, -0.2) is 44.7 Å². The average molecular weight is 502 g/mol. The molecule has 1 aromatic carbocycles. The normalized spacial score (nSPS) is 15.3. The largest absolute Gasteiger partial charge is 0.376 e. The van der Waals surface area contributed by atoms with Crippen LogP contribution < -0.4 is 16.0 Å². The van der Waals surface area contributed by atoms with Crippen LogP contribution in [0, 0.1) is 0 Å². The van der Waals surface area contributed by atoms with Crippen LogP contribution >= 0.6 is 24.0 Å². The molecule has 0 unspecified atom stereocenters. The number of ether oxygens (including phenoxy) is 1. The molecule has 1 aliphatic carbocycles. The summed E-state index contributed by atoms with van der Waals surface area (Å²) in [7, 11) is 1.63. The van der Waals surface area contributed by atoms with Gasteiger partial charge in [0.1, 0.15) is 0 Å². The van der Waals surface area contributed by atoms with E-state index in [2.05, 4.69) is 27.9 Å². The van der Waals surface area contributed by atoms with Crippen molar-refractivity contribution in [2.24, 2.45) is 4.99 Å². The van der Waals surface area contributed by atoms with Gasteiger partial charge in [-0.3, -0.25) is 4.79 Å². The van der Waals surface area contributed by atoms with E-state index in [1.54, 1.807) is 7.05 Å². The first-order valence-corrected chi connectivity index (χ1v) is 10.2. The molecule has 1 aliphatic rings.